The van der Waals surface area contributed by atoms with Gasteiger partial charge in [0.15, 0.2) is 0 Å². The summed E-state index contributed by atoms with van der Waals surface area (Å²) in [5, 5.41) is 2.81. The Kier molecular flexibility index (Phi) is 7.64. The van der Waals surface area contributed by atoms with Crippen LogP contribution in [0.5, 0.6) is 0 Å². The van der Waals surface area contributed by atoms with Crippen molar-refractivity contribution in [2.24, 2.45) is 0 Å². The molecule has 0 bridgehead atoms. The SMILES string of the molecule is Cc1c(C(=O)Nc2cccc(C(C)(F)F)c2)cc(C(C)(C)C)n1CCC(C)N1CCOCC1. The van der Waals surface area contributed by atoms with Gasteiger partial charge in [-0.2, -0.15) is 0 Å². The maximum atomic E-state index is 13.7. The Morgan fingerprint density at radius 2 is 1.82 bits per heavy atom. The number of alkyl halides is 2. The van der Waals surface area contributed by atoms with Crippen molar-refractivity contribution in [1.82, 2.24) is 9.47 Å². The molecule has 0 spiro atoms. The van der Waals surface area contributed by atoms with Crippen LogP contribution in [0.25, 0.3) is 0 Å². The van der Waals surface area contributed by atoms with Crippen molar-refractivity contribution in [3.63, 3.8) is 0 Å². The average Bonchev–Trinajstić information content (AvgIpc) is 3.09. The Morgan fingerprint density at radius 1 is 1.15 bits per heavy atom. The summed E-state index contributed by atoms with van der Waals surface area (Å²) >= 11 is 0. The van der Waals surface area contributed by atoms with Crippen LogP contribution in [0.15, 0.2) is 30.3 Å². The summed E-state index contributed by atoms with van der Waals surface area (Å²) in [5.41, 5.74) is 2.66. The van der Waals surface area contributed by atoms with Crippen LogP contribution < -0.4 is 5.32 Å². The highest BCUT2D eigenvalue weighted by Gasteiger charge is 2.27. The van der Waals surface area contributed by atoms with E-state index in [9.17, 15) is 13.6 Å². The zero-order valence-corrected chi connectivity index (χ0v) is 20.7. The molecule has 1 aromatic carbocycles. The number of nitrogens with one attached hydrogen (secondary N) is 1. The summed E-state index contributed by atoms with van der Waals surface area (Å²) in [4.78, 5) is 15.6. The van der Waals surface area contributed by atoms with E-state index in [1.54, 1.807) is 6.07 Å². The largest absolute Gasteiger partial charge is 0.379 e. The summed E-state index contributed by atoms with van der Waals surface area (Å²) in [7, 11) is 0. The van der Waals surface area contributed by atoms with Gasteiger partial charge in [-0.3, -0.25) is 9.69 Å². The number of anilines is 1. The van der Waals surface area contributed by atoms with Crippen LogP contribution in [0.3, 0.4) is 0 Å². The van der Waals surface area contributed by atoms with Gasteiger partial charge in [-0.1, -0.05) is 32.9 Å². The molecule has 1 atom stereocenters. The fraction of sp³-hybridized carbons (Fsp3) is 0.577. The van der Waals surface area contributed by atoms with Crippen LogP contribution in [0.4, 0.5) is 14.5 Å². The average molecular weight is 462 g/mol. The van der Waals surface area contributed by atoms with Crippen LogP contribution in [0.2, 0.25) is 0 Å². The number of morpholine rings is 1. The van der Waals surface area contributed by atoms with E-state index in [1.165, 1.54) is 18.2 Å². The van der Waals surface area contributed by atoms with E-state index in [2.05, 4.69) is 42.5 Å². The van der Waals surface area contributed by atoms with Gasteiger partial charge in [0.1, 0.15) is 0 Å². The summed E-state index contributed by atoms with van der Waals surface area (Å²) < 4.78 is 35.1. The number of carbonyl (C=O) groups is 1. The van der Waals surface area contributed by atoms with Crippen molar-refractivity contribution >= 4 is 11.6 Å². The molecule has 0 aliphatic carbocycles. The van der Waals surface area contributed by atoms with E-state index in [0.717, 1.165) is 57.6 Å². The third kappa shape index (κ3) is 6.21. The molecule has 1 unspecified atom stereocenters. The number of benzene rings is 1. The highest BCUT2D eigenvalue weighted by molar-refractivity contribution is 6.05. The van der Waals surface area contributed by atoms with Crippen LogP contribution in [0, 0.1) is 6.92 Å². The fourth-order valence-electron chi connectivity index (χ4n) is 4.37. The molecule has 1 aliphatic rings. The van der Waals surface area contributed by atoms with Gasteiger partial charge in [0.25, 0.3) is 11.8 Å². The van der Waals surface area contributed by atoms with Crippen molar-refractivity contribution in [3.05, 3.63) is 52.8 Å². The molecular weight excluding hydrogens is 424 g/mol. The van der Waals surface area contributed by atoms with Crippen LogP contribution >= 0.6 is 0 Å². The molecule has 7 heteroatoms. The lowest BCUT2D eigenvalue weighted by molar-refractivity contribution is 0.0174. The number of amides is 1. The molecule has 2 aromatic rings. The molecule has 1 amide bonds. The number of nitrogens with zero attached hydrogens (tertiary/aromatic N) is 2. The third-order valence-electron chi connectivity index (χ3n) is 6.45. The van der Waals surface area contributed by atoms with Gasteiger partial charge in [-0.05, 0) is 38.5 Å². The molecule has 1 N–H and O–H groups in total. The second-order valence-corrected chi connectivity index (χ2v) is 10.1. The summed E-state index contributed by atoms with van der Waals surface area (Å²) in [5.74, 6) is -3.24. The van der Waals surface area contributed by atoms with E-state index >= 15 is 0 Å². The zero-order chi connectivity index (χ0) is 24.4. The smallest absolute Gasteiger partial charge is 0.270 e. The van der Waals surface area contributed by atoms with E-state index in [4.69, 9.17) is 4.74 Å². The van der Waals surface area contributed by atoms with Crippen molar-refractivity contribution in [1.29, 1.82) is 0 Å². The number of halogens is 2. The molecule has 5 nitrogen and oxygen atoms in total. The molecule has 0 saturated carbocycles. The van der Waals surface area contributed by atoms with E-state index in [0.29, 0.717) is 17.3 Å². The summed E-state index contributed by atoms with van der Waals surface area (Å²) in [6.45, 7) is 15.7. The van der Waals surface area contributed by atoms with Crippen molar-refractivity contribution < 1.29 is 18.3 Å². The van der Waals surface area contributed by atoms with Gasteiger partial charge in [0, 0.05) is 60.7 Å². The predicted octanol–water partition coefficient (Wildman–Crippen LogP) is 5.57. The third-order valence-corrected chi connectivity index (χ3v) is 6.45. The van der Waals surface area contributed by atoms with Crippen LogP contribution in [-0.4, -0.2) is 47.7 Å². The quantitative estimate of drug-likeness (QED) is 0.586. The van der Waals surface area contributed by atoms with Gasteiger partial charge in [-0.25, -0.2) is 8.78 Å². The second kappa shape index (κ2) is 9.94. The molecular formula is C26H37F2N3O2. The Morgan fingerprint density at radius 3 is 2.42 bits per heavy atom. The Balaban J connectivity index is 1.81. The van der Waals surface area contributed by atoms with E-state index in [1.807, 2.05) is 13.0 Å². The van der Waals surface area contributed by atoms with Gasteiger partial charge in [-0.15, -0.1) is 0 Å². The maximum absolute atomic E-state index is 13.7. The molecule has 1 fully saturated rings. The van der Waals surface area contributed by atoms with Crippen molar-refractivity contribution in [2.45, 2.75) is 71.9 Å². The fourth-order valence-corrected chi connectivity index (χ4v) is 4.37. The van der Waals surface area contributed by atoms with Crippen molar-refractivity contribution in [3.8, 4) is 0 Å². The Labute approximate surface area is 196 Å². The van der Waals surface area contributed by atoms with Gasteiger partial charge >= 0.3 is 0 Å². The standard InChI is InChI=1S/C26H37F2N3O2/c1-18(30-12-14-33-15-13-30)10-11-31-19(2)22(17-23(31)25(3,4)5)24(32)29-21-9-7-8-20(16-21)26(6,27)28/h7-9,16-18H,10-15H2,1-6H3,(H,29,32). The Bertz CT molecular complexity index is 967. The summed E-state index contributed by atoms with van der Waals surface area (Å²) in [6.07, 6.45) is 0.966. The van der Waals surface area contributed by atoms with Gasteiger partial charge < -0.3 is 14.6 Å². The number of hydrogen-bond donors (Lipinski definition) is 1. The lowest BCUT2D eigenvalue weighted by Gasteiger charge is -2.33. The van der Waals surface area contributed by atoms with Gasteiger partial charge in [0.05, 0.1) is 18.8 Å². The monoisotopic (exact) mass is 461 g/mol. The second-order valence-electron chi connectivity index (χ2n) is 10.1. The molecule has 2 heterocycles. The molecule has 1 aromatic heterocycles. The van der Waals surface area contributed by atoms with E-state index < -0.39 is 5.92 Å². The van der Waals surface area contributed by atoms with Crippen molar-refractivity contribution in [2.75, 3.05) is 31.6 Å². The predicted molar refractivity (Wildman–Crippen MR) is 128 cm³/mol. The zero-order valence-electron chi connectivity index (χ0n) is 20.7. The number of hydrogen-bond acceptors (Lipinski definition) is 3. The molecule has 0 radical (unpaired) electrons. The first-order chi connectivity index (χ1) is 15.4. The van der Waals surface area contributed by atoms with Gasteiger partial charge in [0.2, 0.25) is 0 Å². The number of carbonyl (C=O) groups excluding carboxylic acids is 1. The summed E-state index contributed by atoms with van der Waals surface area (Å²) in [6, 6.07) is 8.23. The first kappa shape index (κ1) is 25.4. The minimum absolute atomic E-state index is 0.123. The highest BCUT2D eigenvalue weighted by Crippen LogP contribution is 2.31. The number of aromatic nitrogens is 1. The number of rotatable bonds is 7. The maximum Gasteiger partial charge on any atom is 0.270 e. The van der Waals surface area contributed by atoms with E-state index in [-0.39, 0.29) is 16.9 Å². The first-order valence-electron chi connectivity index (χ1n) is 11.7. The van der Waals surface area contributed by atoms with Crippen LogP contribution in [0.1, 0.15) is 68.3 Å². The molecule has 3 rings (SSSR count). The lowest BCUT2D eigenvalue weighted by Crippen LogP contribution is -2.42. The minimum Gasteiger partial charge on any atom is -0.379 e. The molecule has 1 saturated heterocycles. The highest BCUT2D eigenvalue weighted by atomic mass is 19.3. The Hall–Kier alpha value is -2.25. The minimum atomic E-state index is -2.96. The molecule has 182 valence electrons. The topological polar surface area (TPSA) is 46.5 Å². The first-order valence-corrected chi connectivity index (χ1v) is 11.7. The number of ether oxygens (including phenoxy) is 1. The lowest BCUT2D eigenvalue weighted by atomic mass is 9.91. The van der Waals surface area contributed by atoms with Crippen LogP contribution in [-0.2, 0) is 22.6 Å². The molecule has 33 heavy (non-hydrogen) atoms. The molecule has 1 aliphatic heterocycles. The normalized spacial score (nSPS) is 16.6.